The molecule has 5 nitrogen and oxygen atoms in total. The zero-order chi connectivity index (χ0) is 12.7. The molecule has 5 heteroatoms. The molecule has 0 saturated carbocycles. The van der Waals surface area contributed by atoms with E-state index in [0.717, 1.165) is 12.8 Å². The molecule has 0 aliphatic rings. The van der Waals surface area contributed by atoms with E-state index in [-0.39, 0.29) is 18.1 Å². The molecular weight excluding hydrogens is 220 g/mol. The van der Waals surface area contributed by atoms with E-state index in [4.69, 9.17) is 5.11 Å². The average molecular weight is 238 g/mol. The summed E-state index contributed by atoms with van der Waals surface area (Å²) in [4.78, 5) is 27.2. The molecule has 0 unspecified atom stereocenters. The monoisotopic (exact) mass is 238 g/mol. The largest absolute Gasteiger partial charge is 0.395 e. The van der Waals surface area contributed by atoms with Crippen LogP contribution in [-0.4, -0.2) is 40.6 Å². The fourth-order valence-corrected chi connectivity index (χ4v) is 1.54. The number of nitrogens with zero attached hydrogens (tertiary/aromatic N) is 1. The minimum Gasteiger partial charge on any atom is -0.395 e. The molecule has 94 valence electrons. The van der Waals surface area contributed by atoms with Gasteiger partial charge in [0.05, 0.1) is 6.61 Å². The lowest BCUT2D eigenvalue weighted by Gasteiger charge is -2.21. The Kier molecular flexibility index (Phi) is 5.42. The highest BCUT2D eigenvalue weighted by atomic mass is 16.3. The maximum Gasteiger partial charge on any atom is 0.254 e. The second-order valence-corrected chi connectivity index (χ2v) is 3.81. The fraction of sp³-hybridized carbons (Fsp3) is 0.500. The van der Waals surface area contributed by atoms with Gasteiger partial charge in [-0.25, -0.2) is 0 Å². The molecule has 2 N–H and O–H groups in total. The van der Waals surface area contributed by atoms with Crippen LogP contribution in [0.1, 0.15) is 30.1 Å². The third kappa shape index (κ3) is 4.03. The summed E-state index contributed by atoms with van der Waals surface area (Å²) in [6.45, 7) is 2.86. The number of aromatic amines is 1. The van der Waals surface area contributed by atoms with Crippen molar-refractivity contribution in [3.8, 4) is 0 Å². The van der Waals surface area contributed by atoms with E-state index in [1.165, 1.54) is 12.3 Å². The first kappa shape index (κ1) is 13.4. The number of H-pyrrole nitrogens is 1. The first-order valence-electron chi connectivity index (χ1n) is 5.78. The van der Waals surface area contributed by atoms with E-state index < -0.39 is 0 Å². The number of pyridine rings is 1. The summed E-state index contributed by atoms with van der Waals surface area (Å²) in [6, 6.07) is 2.85. The van der Waals surface area contributed by atoms with Crippen LogP contribution in [0.15, 0.2) is 23.1 Å². The molecule has 1 aromatic heterocycles. The second-order valence-electron chi connectivity index (χ2n) is 3.81. The Bertz CT molecular complexity index is 414. The first-order chi connectivity index (χ1) is 8.19. The number of nitrogens with one attached hydrogen (secondary N) is 1. The Morgan fingerprint density at radius 3 is 2.82 bits per heavy atom. The van der Waals surface area contributed by atoms with Crippen LogP contribution >= 0.6 is 0 Å². The topological polar surface area (TPSA) is 73.4 Å². The van der Waals surface area contributed by atoms with Gasteiger partial charge in [0.25, 0.3) is 5.91 Å². The lowest BCUT2D eigenvalue weighted by molar-refractivity contribution is 0.0719. The van der Waals surface area contributed by atoms with Gasteiger partial charge >= 0.3 is 0 Å². The SMILES string of the molecule is CCCCN(CCO)C(=O)c1cc[nH]c(=O)c1. The molecule has 0 bridgehead atoms. The van der Waals surface area contributed by atoms with Crippen molar-refractivity contribution in [2.24, 2.45) is 0 Å². The van der Waals surface area contributed by atoms with E-state index in [0.29, 0.717) is 18.7 Å². The van der Waals surface area contributed by atoms with Crippen molar-refractivity contribution in [3.63, 3.8) is 0 Å². The van der Waals surface area contributed by atoms with Gasteiger partial charge in [-0.1, -0.05) is 13.3 Å². The van der Waals surface area contributed by atoms with Gasteiger partial charge < -0.3 is 15.0 Å². The molecule has 0 radical (unpaired) electrons. The lowest BCUT2D eigenvalue weighted by atomic mass is 10.2. The summed E-state index contributed by atoms with van der Waals surface area (Å²) in [5.41, 5.74) is 0.0635. The van der Waals surface area contributed by atoms with Crippen molar-refractivity contribution < 1.29 is 9.90 Å². The fourth-order valence-electron chi connectivity index (χ4n) is 1.54. The Morgan fingerprint density at radius 2 is 2.24 bits per heavy atom. The van der Waals surface area contributed by atoms with E-state index in [1.807, 2.05) is 6.92 Å². The molecule has 17 heavy (non-hydrogen) atoms. The van der Waals surface area contributed by atoms with Gasteiger partial charge in [0.15, 0.2) is 0 Å². The highest BCUT2D eigenvalue weighted by Crippen LogP contribution is 2.03. The summed E-state index contributed by atoms with van der Waals surface area (Å²) in [5, 5.41) is 8.92. The van der Waals surface area contributed by atoms with Crippen molar-refractivity contribution in [1.29, 1.82) is 0 Å². The molecule has 1 amide bonds. The number of carbonyl (C=O) groups excluding carboxylic acids is 1. The van der Waals surface area contributed by atoms with Crippen LogP contribution in [0.3, 0.4) is 0 Å². The standard InChI is InChI=1S/C12H18N2O3/c1-2-3-6-14(7-8-15)12(17)10-4-5-13-11(16)9-10/h4-5,9,15H,2-3,6-8H2,1H3,(H,13,16). The quantitative estimate of drug-likeness (QED) is 0.762. The van der Waals surface area contributed by atoms with Crippen molar-refractivity contribution in [1.82, 2.24) is 9.88 Å². The average Bonchev–Trinajstić information content (AvgIpc) is 2.33. The highest BCUT2D eigenvalue weighted by molar-refractivity contribution is 5.94. The zero-order valence-corrected chi connectivity index (χ0v) is 9.98. The molecule has 0 aliphatic heterocycles. The van der Waals surface area contributed by atoms with Gasteiger partial charge in [-0.3, -0.25) is 9.59 Å². The van der Waals surface area contributed by atoms with Crippen molar-refractivity contribution in [3.05, 3.63) is 34.2 Å². The van der Waals surface area contributed by atoms with Crippen molar-refractivity contribution in [2.45, 2.75) is 19.8 Å². The summed E-state index contributed by atoms with van der Waals surface area (Å²) in [6.07, 6.45) is 3.31. The first-order valence-corrected chi connectivity index (χ1v) is 5.78. The summed E-state index contributed by atoms with van der Waals surface area (Å²) in [5.74, 6) is -0.210. The van der Waals surface area contributed by atoms with Crippen LogP contribution in [-0.2, 0) is 0 Å². The van der Waals surface area contributed by atoms with Gasteiger partial charge in [-0.2, -0.15) is 0 Å². The van der Waals surface area contributed by atoms with E-state index in [1.54, 1.807) is 11.0 Å². The number of rotatable bonds is 6. The van der Waals surface area contributed by atoms with Crippen LogP contribution < -0.4 is 5.56 Å². The van der Waals surface area contributed by atoms with Crippen LogP contribution in [0, 0.1) is 0 Å². The third-order valence-electron chi connectivity index (χ3n) is 2.46. The molecule has 0 aromatic carbocycles. The Labute approximate surface area is 100 Å². The van der Waals surface area contributed by atoms with Gasteiger partial charge in [-0.05, 0) is 12.5 Å². The third-order valence-corrected chi connectivity index (χ3v) is 2.46. The zero-order valence-electron chi connectivity index (χ0n) is 9.98. The molecule has 0 spiro atoms. The van der Waals surface area contributed by atoms with Gasteiger partial charge in [0, 0.05) is 30.9 Å². The number of unbranched alkanes of at least 4 members (excludes halogenated alkanes) is 1. The van der Waals surface area contributed by atoms with Gasteiger partial charge in [-0.15, -0.1) is 0 Å². The molecule has 1 aromatic rings. The van der Waals surface area contributed by atoms with E-state index in [9.17, 15) is 9.59 Å². The molecule has 0 fully saturated rings. The number of amides is 1. The minimum atomic E-state index is -0.296. The molecular formula is C12H18N2O3. The minimum absolute atomic E-state index is 0.0708. The van der Waals surface area contributed by atoms with E-state index >= 15 is 0 Å². The summed E-state index contributed by atoms with van der Waals surface area (Å²) >= 11 is 0. The number of carbonyl (C=O) groups is 1. The second kappa shape index (κ2) is 6.85. The smallest absolute Gasteiger partial charge is 0.254 e. The van der Waals surface area contributed by atoms with E-state index in [2.05, 4.69) is 4.98 Å². The molecule has 0 aliphatic carbocycles. The van der Waals surface area contributed by atoms with Crippen molar-refractivity contribution >= 4 is 5.91 Å². The maximum atomic E-state index is 12.1. The number of aliphatic hydroxyl groups is 1. The van der Waals surface area contributed by atoms with Crippen LogP contribution in [0.4, 0.5) is 0 Å². The summed E-state index contributed by atoms with van der Waals surface area (Å²) in [7, 11) is 0. The maximum absolute atomic E-state index is 12.1. The predicted molar refractivity (Wildman–Crippen MR) is 65.0 cm³/mol. The number of aliphatic hydroxyl groups excluding tert-OH is 1. The molecule has 1 rings (SSSR count). The highest BCUT2D eigenvalue weighted by Gasteiger charge is 2.14. The van der Waals surface area contributed by atoms with Crippen LogP contribution in [0.5, 0.6) is 0 Å². The molecule has 1 heterocycles. The number of hydrogen-bond donors (Lipinski definition) is 2. The summed E-state index contributed by atoms with van der Waals surface area (Å²) < 4.78 is 0. The van der Waals surface area contributed by atoms with Crippen molar-refractivity contribution in [2.75, 3.05) is 19.7 Å². The Morgan fingerprint density at radius 1 is 1.47 bits per heavy atom. The van der Waals surface area contributed by atoms with Gasteiger partial charge in [0.2, 0.25) is 5.56 Å². The Balaban J connectivity index is 2.79. The molecule has 0 atom stereocenters. The van der Waals surface area contributed by atoms with Crippen LogP contribution in [0.25, 0.3) is 0 Å². The van der Waals surface area contributed by atoms with Gasteiger partial charge in [0.1, 0.15) is 0 Å². The number of aromatic nitrogens is 1. The normalized spacial score (nSPS) is 10.2. The molecule has 0 saturated heterocycles. The number of hydrogen-bond acceptors (Lipinski definition) is 3. The predicted octanol–water partition coefficient (Wildman–Crippen LogP) is 0.610. The lowest BCUT2D eigenvalue weighted by Crippen LogP contribution is -2.34. The Hall–Kier alpha value is -1.62. The van der Waals surface area contributed by atoms with Crippen LogP contribution in [0.2, 0.25) is 0 Å².